The maximum Gasteiger partial charge on any atom is 0.257 e. The first-order valence-corrected chi connectivity index (χ1v) is 10.2. The molecule has 0 saturated carbocycles. The molecule has 2 fully saturated rings. The Morgan fingerprint density at radius 2 is 1.72 bits per heavy atom. The topological polar surface area (TPSA) is 73.8 Å². The van der Waals surface area contributed by atoms with E-state index in [1.165, 1.54) is 0 Å². The van der Waals surface area contributed by atoms with Crippen LogP contribution in [0.1, 0.15) is 42.0 Å². The molecule has 1 amide bonds. The first-order chi connectivity index (χ1) is 14.1. The highest BCUT2D eigenvalue weighted by Gasteiger charge is 2.53. The van der Waals surface area contributed by atoms with Crippen molar-refractivity contribution in [2.45, 2.75) is 38.6 Å². The molecule has 2 aromatic rings. The lowest BCUT2D eigenvalue weighted by molar-refractivity contribution is -0.172. The predicted octanol–water partition coefficient (Wildman–Crippen LogP) is 2.67. The number of ether oxygens (including phenoxy) is 3. The van der Waals surface area contributed by atoms with Crippen LogP contribution in [-0.2, 0) is 17.6 Å². The van der Waals surface area contributed by atoms with Gasteiger partial charge in [-0.2, -0.15) is 0 Å². The minimum Gasteiger partial charge on any atom is -0.494 e. The number of nitrogens with zero attached hydrogens (tertiary/aromatic N) is 3. The highest BCUT2D eigenvalue weighted by atomic mass is 16.5. The summed E-state index contributed by atoms with van der Waals surface area (Å²) in [5.41, 5.74) is 1.58. The molecule has 154 valence electrons. The number of likely N-dealkylation sites (tertiary alicyclic amines) is 1. The Morgan fingerprint density at radius 1 is 1.07 bits per heavy atom. The lowest BCUT2D eigenvalue weighted by Crippen LogP contribution is -2.72. The van der Waals surface area contributed by atoms with E-state index in [0.29, 0.717) is 44.2 Å². The number of benzene rings is 1. The summed E-state index contributed by atoms with van der Waals surface area (Å²) < 4.78 is 16.6. The van der Waals surface area contributed by atoms with Gasteiger partial charge in [0.2, 0.25) is 0 Å². The number of carbonyl (C=O) groups is 1. The van der Waals surface area contributed by atoms with Gasteiger partial charge >= 0.3 is 0 Å². The third-order valence-electron chi connectivity index (χ3n) is 5.51. The summed E-state index contributed by atoms with van der Waals surface area (Å²) in [6.07, 6.45) is 5.73. The standard InChI is InChI=1S/C22H27N3O4/c1-3-28-18-9-16(10-19(11-18)29-4-2)5-6-20-23-12-17(13-24-20)21(26)25-8-7-22(25)14-27-15-22/h9-13H,3-8,14-15H2,1-2H3. The fourth-order valence-corrected chi connectivity index (χ4v) is 3.78. The molecule has 3 heterocycles. The Hall–Kier alpha value is -2.67. The fraction of sp³-hybridized carbons (Fsp3) is 0.500. The molecule has 0 N–H and O–H groups in total. The van der Waals surface area contributed by atoms with E-state index in [2.05, 4.69) is 9.97 Å². The van der Waals surface area contributed by atoms with Crippen molar-refractivity contribution in [1.29, 1.82) is 0 Å². The quantitative estimate of drug-likeness (QED) is 0.682. The van der Waals surface area contributed by atoms with Gasteiger partial charge in [0.1, 0.15) is 17.3 Å². The minimum atomic E-state index is -0.0698. The summed E-state index contributed by atoms with van der Waals surface area (Å²) in [6, 6.07) is 5.95. The van der Waals surface area contributed by atoms with Crippen LogP contribution in [0.5, 0.6) is 11.5 Å². The van der Waals surface area contributed by atoms with Crippen LogP contribution in [0.4, 0.5) is 0 Å². The molecule has 0 radical (unpaired) electrons. The molecule has 0 unspecified atom stereocenters. The van der Waals surface area contributed by atoms with Crippen molar-refractivity contribution in [3.8, 4) is 11.5 Å². The third kappa shape index (κ3) is 4.05. The van der Waals surface area contributed by atoms with Crippen LogP contribution in [0.2, 0.25) is 0 Å². The first-order valence-electron chi connectivity index (χ1n) is 10.2. The third-order valence-corrected chi connectivity index (χ3v) is 5.51. The van der Waals surface area contributed by atoms with E-state index < -0.39 is 0 Å². The van der Waals surface area contributed by atoms with Crippen LogP contribution >= 0.6 is 0 Å². The molecule has 4 rings (SSSR count). The van der Waals surface area contributed by atoms with Crippen molar-refractivity contribution >= 4 is 5.91 Å². The van der Waals surface area contributed by atoms with Crippen LogP contribution in [0.25, 0.3) is 0 Å². The summed E-state index contributed by atoms with van der Waals surface area (Å²) in [4.78, 5) is 23.4. The lowest BCUT2D eigenvalue weighted by atomic mass is 9.82. The number of amides is 1. The van der Waals surface area contributed by atoms with E-state index in [0.717, 1.165) is 36.4 Å². The number of aromatic nitrogens is 2. The van der Waals surface area contributed by atoms with Crippen molar-refractivity contribution < 1.29 is 19.0 Å². The molecule has 7 heteroatoms. The van der Waals surface area contributed by atoms with Gasteiger partial charge in [-0.05, 0) is 44.4 Å². The summed E-state index contributed by atoms with van der Waals surface area (Å²) in [5.74, 6) is 2.32. The van der Waals surface area contributed by atoms with Crippen LogP contribution in [0, 0.1) is 0 Å². The number of hydrogen-bond acceptors (Lipinski definition) is 6. The van der Waals surface area contributed by atoms with Gasteiger partial charge in [0.25, 0.3) is 5.91 Å². The second-order valence-electron chi connectivity index (χ2n) is 7.49. The van der Waals surface area contributed by atoms with Gasteiger partial charge < -0.3 is 19.1 Å². The van der Waals surface area contributed by atoms with Crippen molar-refractivity contribution in [3.05, 3.63) is 47.5 Å². The molecule has 0 atom stereocenters. The Labute approximate surface area is 171 Å². The molecule has 1 aromatic heterocycles. The van der Waals surface area contributed by atoms with Crippen molar-refractivity contribution in [1.82, 2.24) is 14.9 Å². The van der Waals surface area contributed by atoms with Gasteiger partial charge in [0, 0.05) is 31.4 Å². The molecular formula is C22H27N3O4. The number of rotatable bonds is 8. The zero-order chi connectivity index (χ0) is 20.3. The van der Waals surface area contributed by atoms with Crippen LogP contribution in [0.3, 0.4) is 0 Å². The number of aryl methyl sites for hydroxylation is 2. The zero-order valence-corrected chi connectivity index (χ0v) is 17.0. The molecule has 0 bridgehead atoms. The Kier molecular flexibility index (Phi) is 5.67. The van der Waals surface area contributed by atoms with E-state index >= 15 is 0 Å². The minimum absolute atomic E-state index is 0.00290. The SMILES string of the molecule is CCOc1cc(CCc2ncc(C(=O)N3CCC34COC4)cn2)cc(OCC)c1. The van der Waals surface area contributed by atoms with Gasteiger partial charge in [-0.15, -0.1) is 0 Å². The highest BCUT2D eigenvalue weighted by Crippen LogP contribution is 2.38. The van der Waals surface area contributed by atoms with Gasteiger partial charge in [0.05, 0.1) is 37.5 Å². The van der Waals surface area contributed by atoms with Gasteiger partial charge in [-0.1, -0.05) is 0 Å². The first kappa shape index (κ1) is 19.6. The maximum atomic E-state index is 12.7. The maximum absolute atomic E-state index is 12.7. The molecule has 2 saturated heterocycles. The predicted molar refractivity (Wildman–Crippen MR) is 107 cm³/mol. The second kappa shape index (κ2) is 8.37. The van der Waals surface area contributed by atoms with Crippen molar-refractivity contribution in [3.63, 3.8) is 0 Å². The molecule has 7 nitrogen and oxygen atoms in total. The van der Waals surface area contributed by atoms with Crippen LogP contribution < -0.4 is 9.47 Å². The van der Waals surface area contributed by atoms with Gasteiger partial charge in [0.15, 0.2) is 0 Å². The lowest BCUT2D eigenvalue weighted by Gasteiger charge is -2.57. The smallest absolute Gasteiger partial charge is 0.257 e. The Bertz CT molecular complexity index is 835. The monoisotopic (exact) mass is 397 g/mol. The second-order valence-corrected chi connectivity index (χ2v) is 7.49. The molecular weight excluding hydrogens is 370 g/mol. The van der Waals surface area contributed by atoms with E-state index in [4.69, 9.17) is 14.2 Å². The number of carbonyl (C=O) groups excluding carboxylic acids is 1. The van der Waals surface area contributed by atoms with E-state index in [-0.39, 0.29) is 11.4 Å². The summed E-state index contributed by atoms with van der Waals surface area (Å²) >= 11 is 0. The largest absolute Gasteiger partial charge is 0.494 e. The Morgan fingerprint density at radius 3 is 2.21 bits per heavy atom. The number of hydrogen-bond donors (Lipinski definition) is 0. The molecule has 0 aliphatic carbocycles. The van der Waals surface area contributed by atoms with Gasteiger partial charge in [-0.25, -0.2) is 9.97 Å². The highest BCUT2D eigenvalue weighted by molar-refractivity contribution is 5.94. The van der Waals surface area contributed by atoms with Crippen LogP contribution in [-0.4, -0.2) is 59.3 Å². The fourth-order valence-electron chi connectivity index (χ4n) is 3.78. The van der Waals surface area contributed by atoms with Gasteiger partial charge in [-0.3, -0.25) is 4.79 Å². The zero-order valence-electron chi connectivity index (χ0n) is 17.0. The molecule has 29 heavy (non-hydrogen) atoms. The molecule has 1 aromatic carbocycles. The molecule has 2 aliphatic heterocycles. The average Bonchev–Trinajstić information content (AvgIpc) is 2.65. The van der Waals surface area contributed by atoms with Crippen LogP contribution in [0.15, 0.2) is 30.6 Å². The average molecular weight is 397 g/mol. The van der Waals surface area contributed by atoms with Crippen molar-refractivity contribution in [2.24, 2.45) is 0 Å². The summed E-state index contributed by atoms with van der Waals surface area (Å²) in [5, 5.41) is 0. The molecule has 1 spiro atoms. The van der Waals surface area contributed by atoms with E-state index in [1.54, 1.807) is 12.4 Å². The van der Waals surface area contributed by atoms with E-state index in [1.807, 2.05) is 36.9 Å². The summed E-state index contributed by atoms with van der Waals surface area (Å²) in [7, 11) is 0. The normalized spacial score (nSPS) is 16.8. The van der Waals surface area contributed by atoms with Crippen molar-refractivity contribution in [2.75, 3.05) is 33.0 Å². The van der Waals surface area contributed by atoms with E-state index in [9.17, 15) is 4.79 Å². The Balaban J connectivity index is 1.38. The summed E-state index contributed by atoms with van der Waals surface area (Å²) in [6.45, 7) is 7.20. The molecule has 2 aliphatic rings.